The van der Waals surface area contributed by atoms with Crippen molar-refractivity contribution in [2.45, 2.75) is 37.9 Å². The Bertz CT molecular complexity index is 597. The van der Waals surface area contributed by atoms with Crippen molar-refractivity contribution in [1.82, 2.24) is 5.32 Å². The van der Waals surface area contributed by atoms with Crippen molar-refractivity contribution in [2.24, 2.45) is 5.92 Å². The highest BCUT2D eigenvalue weighted by molar-refractivity contribution is 6.33. The molecule has 24 heavy (non-hydrogen) atoms. The number of hydrogen-bond acceptors (Lipinski definition) is 3. The lowest BCUT2D eigenvalue weighted by Crippen LogP contribution is -2.41. The molecular formula is C15H19Cl2F3N2O2. The zero-order valence-electron chi connectivity index (χ0n) is 13.0. The molecule has 0 aliphatic heterocycles. The molecule has 1 aromatic rings. The number of nitrogen functional groups attached to an aromatic ring is 1. The van der Waals surface area contributed by atoms with Crippen LogP contribution in [0.2, 0.25) is 5.02 Å². The van der Waals surface area contributed by atoms with E-state index in [-0.39, 0.29) is 47.3 Å². The highest BCUT2D eigenvalue weighted by Crippen LogP contribution is 2.37. The van der Waals surface area contributed by atoms with E-state index in [0.717, 1.165) is 0 Å². The number of rotatable bonds is 3. The van der Waals surface area contributed by atoms with Crippen molar-refractivity contribution in [2.75, 3.05) is 12.8 Å². The molecule has 136 valence electrons. The molecule has 1 aromatic carbocycles. The Balaban J connectivity index is 0.00000288. The topological polar surface area (TPSA) is 64.3 Å². The van der Waals surface area contributed by atoms with Crippen molar-refractivity contribution >= 4 is 35.6 Å². The number of hydrogen-bond donors (Lipinski definition) is 2. The fraction of sp³-hybridized carbons (Fsp3) is 0.533. The lowest BCUT2D eigenvalue weighted by molar-refractivity contribution is -0.183. The first-order chi connectivity index (χ1) is 10.7. The van der Waals surface area contributed by atoms with Crippen molar-refractivity contribution < 1.29 is 22.7 Å². The molecule has 2 atom stereocenters. The van der Waals surface area contributed by atoms with Gasteiger partial charge in [0.15, 0.2) is 0 Å². The summed E-state index contributed by atoms with van der Waals surface area (Å²) in [4.78, 5) is 12.3. The zero-order valence-corrected chi connectivity index (χ0v) is 14.5. The van der Waals surface area contributed by atoms with Gasteiger partial charge in [0, 0.05) is 12.1 Å². The van der Waals surface area contributed by atoms with Gasteiger partial charge < -0.3 is 15.8 Å². The van der Waals surface area contributed by atoms with Crippen molar-refractivity contribution in [1.29, 1.82) is 0 Å². The first-order valence-corrected chi connectivity index (χ1v) is 7.60. The molecule has 1 fully saturated rings. The Morgan fingerprint density at radius 1 is 1.38 bits per heavy atom. The molecule has 2 unspecified atom stereocenters. The quantitative estimate of drug-likeness (QED) is 0.764. The van der Waals surface area contributed by atoms with E-state index in [4.69, 9.17) is 22.1 Å². The summed E-state index contributed by atoms with van der Waals surface area (Å²) < 4.78 is 43.6. The van der Waals surface area contributed by atoms with Gasteiger partial charge in [0.25, 0.3) is 5.91 Å². The lowest BCUT2D eigenvalue weighted by Gasteiger charge is -2.31. The van der Waals surface area contributed by atoms with Crippen LogP contribution in [0.4, 0.5) is 18.9 Å². The van der Waals surface area contributed by atoms with Crippen LogP contribution < -0.4 is 15.8 Å². The average molecular weight is 387 g/mol. The van der Waals surface area contributed by atoms with E-state index in [0.29, 0.717) is 12.8 Å². The molecular weight excluding hydrogens is 368 g/mol. The third kappa shape index (κ3) is 4.83. The average Bonchev–Trinajstić information content (AvgIpc) is 2.48. The first kappa shape index (κ1) is 20.7. The maximum absolute atomic E-state index is 12.8. The Labute approximate surface area is 149 Å². The van der Waals surface area contributed by atoms with Crippen molar-refractivity contribution in [3.8, 4) is 5.75 Å². The van der Waals surface area contributed by atoms with E-state index in [9.17, 15) is 18.0 Å². The van der Waals surface area contributed by atoms with Crippen LogP contribution in [0, 0.1) is 5.92 Å². The standard InChI is InChI=1S/C15H18ClF3N2O2.ClH/c1-23-13-7-12(20)11(16)6-10(13)14(22)21-9-4-2-3-8(5-9)15(17,18)19;/h6-9H,2-5,20H2,1H3,(H,21,22);1H. The number of carbonyl (C=O) groups excluding carboxylic acids is 1. The molecule has 0 radical (unpaired) electrons. The second kappa shape index (κ2) is 8.16. The second-order valence-corrected chi connectivity index (χ2v) is 6.06. The smallest absolute Gasteiger partial charge is 0.391 e. The Kier molecular flexibility index (Phi) is 7.04. The Morgan fingerprint density at radius 2 is 2.04 bits per heavy atom. The van der Waals surface area contributed by atoms with Gasteiger partial charge in [0.2, 0.25) is 0 Å². The number of nitrogens with two attached hydrogens (primary N) is 1. The summed E-state index contributed by atoms with van der Waals surface area (Å²) in [7, 11) is 1.37. The van der Waals surface area contributed by atoms with E-state index in [1.54, 1.807) is 0 Å². The van der Waals surface area contributed by atoms with Gasteiger partial charge in [-0.1, -0.05) is 18.0 Å². The SMILES string of the molecule is COc1cc(N)c(Cl)cc1C(=O)NC1CCCC(C(F)(F)F)C1.Cl. The third-order valence-electron chi connectivity index (χ3n) is 4.04. The van der Waals surface area contributed by atoms with Gasteiger partial charge in [-0.3, -0.25) is 4.79 Å². The fourth-order valence-corrected chi connectivity index (χ4v) is 2.96. The fourth-order valence-electron chi connectivity index (χ4n) is 2.80. The molecule has 4 nitrogen and oxygen atoms in total. The van der Waals surface area contributed by atoms with Crippen LogP contribution in [0.25, 0.3) is 0 Å². The van der Waals surface area contributed by atoms with Gasteiger partial charge in [0.05, 0.1) is 29.3 Å². The van der Waals surface area contributed by atoms with E-state index in [1.165, 1.54) is 19.2 Å². The minimum atomic E-state index is -4.23. The van der Waals surface area contributed by atoms with Crippen LogP contribution in [-0.4, -0.2) is 25.2 Å². The molecule has 9 heteroatoms. The van der Waals surface area contributed by atoms with Crippen LogP contribution in [0.15, 0.2) is 12.1 Å². The minimum Gasteiger partial charge on any atom is -0.496 e. The highest BCUT2D eigenvalue weighted by Gasteiger charge is 2.42. The van der Waals surface area contributed by atoms with Crippen LogP contribution >= 0.6 is 24.0 Å². The normalized spacial score (nSPS) is 20.9. The number of amides is 1. The molecule has 0 bridgehead atoms. The van der Waals surface area contributed by atoms with Gasteiger partial charge in [-0.05, 0) is 25.3 Å². The number of alkyl halides is 3. The molecule has 0 spiro atoms. The molecule has 1 aliphatic carbocycles. The molecule has 1 amide bonds. The molecule has 3 N–H and O–H groups in total. The number of methoxy groups -OCH3 is 1. The molecule has 1 aliphatic rings. The van der Waals surface area contributed by atoms with Crippen LogP contribution in [-0.2, 0) is 0 Å². The zero-order chi connectivity index (χ0) is 17.2. The lowest BCUT2D eigenvalue weighted by atomic mass is 9.85. The van der Waals surface area contributed by atoms with E-state index in [1.807, 2.05) is 0 Å². The highest BCUT2D eigenvalue weighted by atomic mass is 35.5. The van der Waals surface area contributed by atoms with Crippen LogP contribution in [0.5, 0.6) is 5.75 Å². The predicted molar refractivity (Wildman–Crippen MR) is 88.9 cm³/mol. The number of ether oxygens (including phenoxy) is 1. The largest absolute Gasteiger partial charge is 0.496 e. The van der Waals surface area contributed by atoms with Crippen molar-refractivity contribution in [3.05, 3.63) is 22.7 Å². The number of carbonyl (C=O) groups is 1. The summed E-state index contributed by atoms with van der Waals surface area (Å²) in [6, 6.07) is 2.25. The van der Waals surface area contributed by atoms with Gasteiger partial charge in [-0.25, -0.2) is 0 Å². The minimum absolute atomic E-state index is 0. The number of benzene rings is 1. The monoisotopic (exact) mass is 386 g/mol. The van der Waals surface area contributed by atoms with Crippen molar-refractivity contribution in [3.63, 3.8) is 0 Å². The van der Waals surface area contributed by atoms with Gasteiger partial charge in [-0.15, -0.1) is 12.4 Å². The number of nitrogens with one attached hydrogen (secondary N) is 1. The Morgan fingerprint density at radius 3 is 2.62 bits per heavy atom. The summed E-state index contributed by atoms with van der Waals surface area (Å²) in [5, 5.41) is 2.83. The van der Waals surface area contributed by atoms with Gasteiger partial charge in [0.1, 0.15) is 5.75 Å². The molecule has 0 aromatic heterocycles. The number of anilines is 1. The maximum atomic E-state index is 12.8. The van der Waals surface area contributed by atoms with E-state index < -0.39 is 24.0 Å². The van der Waals surface area contributed by atoms with E-state index >= 15 is 0 Å². The molecule has 0 saturated heterocycles. The van der Waals surface area contributed by atoms with Gasteiger partial charge in [-0.2, -0.15) is 13.2 Å². The number of halogens is 5. The predicted octanol–water partition coefficient (Wildman–Crippen LogP) is 4.20. The summed E-state index contributed by atoms with van der Waals surface area (Å²) in [6.07, 6.45) is -3.29. The molecule has 0 heterocycles. The summed E-state index contributed by atoms with van der Waals surface area (Å²) in [5.74, 6) is -1.66. The third-order valence-corrected chi connectivity index (χ3v) is 4.36. The summed E-state index contributed by atoms with van der Waals surface area (Å²) in [6.45, 7) is 0. The molecule has 2 rings (SSSR count). The second-order valence-electron chi connectivity index (χ2n) is 5.65. The van der Waals surface area contributed by atoms with Crippen LogP contribution in [0.1, 0.15) is 36.0 Å². The summed E-state index contributed by atoms with van der Waals surface area (Å²) >= 11 is 5.90. The maximum Gasteiger partial charge on any atom is 0.391 e. The van der Waals surface area contributed by atoms with E-state index in [2.05, 4.69) is 5.32 Å². The molecule has 1 saturated carbocycles. The first-order valence-electron chi connectivity index (χ1n) is 7.23. The summed E-state index contributed by atoms with van der Waals surface area (Å²) in [5.41, 5.74) is 6.06. The Hall–Kier alpha value is -1.34. The van der Waals surface area contributed by atoms with Gasteiger partial charge >= 0.3 is 6.18 Å². The van der Waals surface area contributed by atoms with Crippen LogP contribution in [0.3, 0.4) is 0 Å².